The monoisotopic (exact) mass is 262 g/mol. The minimum atomic E-state index is 0.830. The van der Waals surface area contributed by atoms with E-state index in [1.54, 1.807) is 0 Å². The second-order valence-corrected chi connectivity index (χ2v) is 5.11. The summed E-state index contributed by atoms with van der Waals surface area (Å²) in [7, 11) is 0. The van der Waals surface area contributed by atoms with E-state index in [-0.39, 0.29) is 0 Å². The number of hydrogen-bond acceptors (Lipinski definition) is 3. The molecule has 0 saturated carbocycles. The fraction of sp³-hybridized carbons (Fsp3) is 0.625. The summed E-state index contributed by atoms with van der Waals surface area (Å²) >= 11 is 0. The molecule has 0 bridgehead atoms. The van der Waals surface area contributed by atoms with Gasteiger partial charge in [-0.1, -0.05) is 31.9 Å². The number of unbranched alkanes of at least 4 members (excludes halogenated alkanes) is 2. The van der Waals surface area contributed by atoms with Gasteiger partial charge in [0, 0.05) is 19.6 Å². The third-order valence-corrected chi connectivity index (χ3v) is 3.55. The smallest absolute Gasteiger partial charge is 0.142 e. The van der Waals surface area contributed by atoms with Gasteiger partial charge in [0.15, 0.2) is 0 Å². The Bertz CT molecular complexity index is 360. The van der Waals surface area contributed by atoms with Crippen LogP contribution in [0, 0.1) is 0 Å². The molecule has 1 aliphatic heterocycles. The van der Waals surface area contributed by atoms with E-state index in [1.165, 1.54) is 24.9 Å². The Kier molecular flexibility index (Phi) is 6.02. The molecule has 0 amide bonds. The lowest BCUT2D eigenvalue weighted by Gasteiger charge is -2.24. The van der Waals surface area contributed by atoms with Crippen molar-refractivity contribution in [1.82, 2.24) is 5.32 Å². The van der Waals surface area contributed by atoms with Crippen molar-refractivity contribution in [3.05, 3.63) is 24.3 Å². The number of nitrogens with zero attached hydrogens (tertiary/aromatic N) is 1. The summed E-state index contributed by atoms with van der Waals surface area (Å²) in [6, 6.07) is 8.45. The molecular weight excluding hydrogens is 236 g/mol. The van der Waals surface area contributed by atoms with E-state index in [4.69, 9.17) is 4.74 Å². The second-order valence-electron chi connectivity index (χ2n) is 5.11. The van der Waals surface area contributed by atoms with Gasteiger partial charge in [-0.3, -0.25) is 0 Å². The number of rotatable bonds is 6. The summed E-state index contributed by atoms with van der Waals surface area (Å²) in [5.41, 5.74) is 1.25. The summed E-state index contributed by atoms with van der Waals surface area (Å²) in [6.45, 7) is 7.41. The van der Waals surface area contributed by atoms with E-state index in [9.17, 15) is 0 Å². The zero-order valence-electron chi connectivity index (χ0n) is 12.0. The van der Waals surface area contributed by atoms with Gasteiger partial charge in [0.25, 0.3) is 0 Å². The third-order valence-electron chi connectivity index (χ3n) is 3.55. The average Bonchev–Trinajstić information content (AvgIpc) is 2.73. The van der Waals surface area contributed by atoms with Crippen molar-refractivity contribution < 1.29 is 4.74 Å². The SMILES string of the molecule is CCCCCOc1ccccc1N1CCCNCC1. The van der Waals surface area contributed by atoms with E-state index in [0.717, 1.165) is 45.0 Å². The third kappa shape index (κ3) is 4.43. The number of hydrogen-bond donors (Lipinski definition) is 1. The van der Waals surface area contributed by atoms with Crippen LogP contribution in [0.25, 0.3) is 0 Å². The predicted molar refractivity (Wildman–Crippen MR) is 81.2 cm³/mol. The quantitative estimate of drug-likeness (QED) is 0.797. The van der Waals surface area contributed by atoms with Crippen LogP contribution in [0.5, 0.6) is 5.75 Å². The topological polar surface area (TPSA) is 24.5 Å². The maximum absolute atomic E-state index is 5.97. The van der Waals surface area contributed by atoms with E-state index < -0.39 is 0 Å². The van der Waals surface area contributed by atoms with Crippen LogP contribution in [-0.2, 0) is 0 Å². The molecule has 3 nitrogen and oxygen atoms in total. The molecule has 1 aromatic rings. The Morgan fingerprint density at radius 2 is 2.05 bits per heavy atom. The fourth-order valence-electron chi connectivity index (χ4n) is 2.46. The fourth-order valence-corrected chi connectivity index (χ4v) is 2.46. The number of benzene rings is 1. The molecule has 3 heteroatoms. The molecule has 0 spiro atoms. The van der Waals surface area contributed by atoms with Crippen LogP contribution in [0.2, 0.25) is 0 Å². The molecule has 2 rings (SSSR count). The summed E-state index contributed by atoms with van der Waals surface area (Å²) in [5, 5.41) is 3.44. The van der Waals surface area contributed by atoms with Gasteiger partial charge in [0.05, 0.1) is 12.3 Å². The van der Waals surface area contributed by atoms with Crippen molar-refractivity contribution in [3.8, 4) is 5.75 Å². The Morgan fingerprint density at radius 1 is 1.16 bits per heavy atom. The Hall–Kier alpha value is -1.22. The molecule has 1 aliphatic rings. The molecule has 0 atom stereocenters. The van der Waals surface area contributed by atoms with Gasteiger partial charge in [0.1, 0.15) is 5.75 Å². The second kappa shape index (κ2) is 8.05. The minimum absolute atomic E-state index is 0.830. The van der Waals surface area contributed by atoms with E-state index in [2.05, 4.69) is 41.4 Å². The standard InChI is InChI=1S/C16H26N2O/c1-2-3-6-14-19-16-9-5-4-8-15(16)18-12-7-10-17-11-13-18/h4-5,8-9,17H,2-3,6-7,10-14H2,1H3. The van der Waals surface area contributed by atoms with Crippen LogP contribution in [0.15, 0.2) is 24.3 Å². The first-order chi connectivity index (χ1) is 9.42. The zero-order chi connectivity index (χ0) is 13.3. The molecule has 1 fully saturated rings. The molecular formula is C16H26N2O. The van der Waals surface area contributed by atoms with Crippen molar-refractivity contribution in [2.24, 2.45) is 0 Å². The molecule has 0 aromatic heterocycles. The first-order valence-corrected chi connectivity index (χ1v) is 7.59. The highest BCUT2D eigenvalue weighted by molar-refractivity contribution is 5.58. The van der Waals surface area contributed by atoms with Crippen LogP contribution in [0.1, 0.15) is 32.6 Å². The maximum Gasteiger partial charge on any atom is 0.142 e. The zero-order valence-corrected chi connectivity index (χ0v) is 12.0. The lowest BCUT2D eigenvalue weighted by atomic mass is 10.2. The Morgan fingerprint density at radius 3 is 2.95 bits per heavy atom. The van der Waals surface area contributed by atoms with E-state index in [0.29, 0.717) is 0 Å². The minimum Gasteiger partial charge on any atom is -0.491 e. The normalized spacial score (nSPS) is 16.2. The number of ether oxygens (including phenoxy) is 1. The van der Waals surface area contributed by atoms with Gasteiger partial charge in [-0.2, -0.15) is 0 Å². The van der Waals surface area contributed by atoms with Crippen LogP contribution in [0.4, 0.5) is 5.69 Å². The number of nitrogens with one attached hydrogen (secondary N) is 1. The van der Waals surface area contributed by atoms with Crippen LogP contribution < -0.4 is 15.0 Å². The van der Waals surface area contributed by atoms with Gasteiger partial charge in [0.2, 0.25) is 0 Å². The van der Waals surface area contributed by atoms with Gasteiger partial charge in [-0.05, 0) is 31.5 Å². The van der Waals surface area contributed by atoms with Crippen LogP contribution >= 0.6 is 0 Å². The molecule has 19 heavy (non-hydrogen) atoms. The maximum atomic E-state index is 5.97. The van der Waals surface area contributed by atoms with Gasteiger partial charge < -0.3 is 15.0 Å². The molecule has 1 saturated heterocycles. The van der Waals surface area contributed by atoms with Crippen molar-refractivity contribution >= 4 is 5.69 Å². The lowest BCUT2D eigenvalue weighted by molar-refractivity contribution is 0.306. The van der Waals surface area contributed by atoms with E-state index in [1.807, 2.05) is 0 Å². The van der Waals surface area contributed by atoms with Crippen molar-refractivity contribution in [2.75, 3.05) is 37.7 Å². The average molecular weight is 262 g/mol. The molecule has 1 aromatic carbocycles. The Balaban J connectivity index is 1.98. The Labute approximate surface area is 116 Å². The highest BCUT2D eigenvalue weighted by atomic mass is 16.5. The summed E-state index contributed by atoms with van der Waals surface area (Å²) in [4.78, 5) is 2.44. The molecule has 0 aliphatic carbocycles. The largest absolute Gasteiger partial charge is 0.491 e. The van der Waals surface area contributed by atoms with Gasteiger partial charge in [-0.15, -0.1) is 0 Å². The van der Waals surface area contributed by atoms with Crippen LogP contribution in [0.3, 0.4) is 0 Å². The molecule has 0 radical (unpaired) electrons. The summed E-state index contributed by atoms with van der Waals surface area (Å²) < 4.78 is 5.97. The van der Waals surface area contributed by atoms with Crippen molar-refractivity contribution in [3.63, 3.8) is 0 Å². The lowest BCUT2D eigenvalue weighted by Crippen LogP contribution is -2.28. The van der Waals surface area contributed by atoms with Gasteiger partial charge in [-0.25, -0.2) is 0 Å². The highest BCUT2D eigenvalue weighted by Gasteiger charge is 2.13. The summed E-state index contributed by atoms with van der Waals surface area (Å²) in [5.74, 6) is 1.04. The number of para-hydroxylation sites is 2. The first kappa shape index (κ1) is 14.2. The highest BCUT2D eigenvalue weighted by Crippen LogP contribution is 2.28. The first-order valence-electron chi connectivity index (χ1n) is 7.59. The summed E-state index contributed by atoms with van der Waals surface area (Å²) in [6.07, 6.45) is 4.83. The molecule has 1 N–H and O–H groups in total. The van der Waals surface area contributed by atoms with E-state index >= 15 is 0 Å². The molecule has 106 valence electrons. The van der Waals surface area contributed by atoms with Gasteiger partial charge >= 0.3 is 0 Å². The molecule has 0 unspecified atom stereocenters. The van der Waals surface area contributed by atoms with Crippen molar-refractivity contribution in [1.29, 1.82) is 0 Å². The van der Waals surface area contributed by atoms with Crippen molar-refractivity contribution in [2.45, 2.75) is 32.6 Å². The van der Waals surface area contributed by atoms with Crippen LogP contribution in [-0.4, -0.2) is 32.8 Å². The predicted octanol–water partition coefficient (Wildman–Crippen LogP) is 3.06. The molecule has 1 heterocycles. The number of anilines is 1.